The van der Waals surface area contributed by atoms with E-state index in [9.17, 15) is 13.6 Å². The van der Waals surface area contributed by atoms with E-state index in [1.807, 2.05) is 17.0 Å². The topological polar surface area (TPSA) is 97.0 Å². The molecular formula is C37H30F2N6O2S. The highest BCUT2D eigenvalue weighted by Gasteiger charge is 2.45. The molecule has 1 saturated heterocycles. The minimum absolute atomic E-state index is 0.0314. The number of carbonyl (C=O) groups is 1. The van der Waals surface area contributed by atoms with Gasteiger partial charge < -0.3 is 14.6 Å². The van der Waals surface area contributed by atoms with Crippen molar-refractivity contribution in [3.63, 3.8) is 0 Å². The molecule has 6 heterocycles. The number of nitrogens with one attached hydrogen (secondary N) is 1. The van der Waals surface area contributed by atoms with Crippen molar-refractivity contribution in [2.75, 3.05) is 11.9 Å². The van der Waals surface area contributed by atoms with Crippen LogP contribution < -0.4 is 5.32 Å². The van der Waals surface area contributed by atoms with Crippen LogP contribution >= 0.6 is 11.3 Å². The minimum atomic E-state index is -0.282. The van der Waals surface area contributed by atoms with Gasteiger partial charge in [0, 0.05) is 30.1 Å². The van der Waals surface area contributed by atoms with Gasteiger partial charge in [0.1, 0.15) is 17.5 Å². The summed E-state index contributed by atoms with van der Waals surface area (Å²) in [4.78, 5) is 26.9. The fourth-order valence-corrected chi connectivity index (χ4v) is 8.80. The number of thiophene rings is 1. The number of nitrogens with zero attached hydrogens (tertiary/aromatic N) is 5. The molecule has 2 atom stereocenters. The number of aromatic nitrogens is 4. The summed E-state index contributed by atoms with van der Waals surface area (Å²) in [6.45, 7) is 2.43. The number of fused-ring (bicyclic) bond motifs is 5. The highest BCUT2D eigenvalue weighted by Crippen LogP contribution is 2.50. The maximum Gasteiger partial charge on any atom is 0.257 e. The maximum absolute atomic E-state index is 14.5. The molecule has 0 saturated carbocycles. The zero-order chi connectivity index (χ0) is 32.5. The molecule has 2 aliphatic heterocycles. The Kier molecular flexibility index (Phi) is 6.86. The molecule has 1 unspecified atom stereocenters. The fourth-order valence-electron chi connectivity index (χ4n) is 7.63. The second-order valence-electron chi connectivity index (χ2n) is 12.7. The van der Waals surface area contributed by atoms with Gasteiger partial charge in [-0.25, -0.2) is 13.8 Å². The van der Waals surface area contributed by atoms with Crippen LogP contribution in [-0.4, -0.2) is 37.5 Å². The summed E-state index contributed by atoms with van der Waals surface area (Å²) >= 11 is 1.55. The normalized spacial score (nSPS) is 18.1. The SMILES string of the molecule is Cc1nnc(-c2c(CCc3ccc(F)cc3)nc3c(c2-c2cc4ccnc(NC5CCc6c(F)cccc65)c4s2)C(=O)N2CCC[C@H]32)o1. The smallest absolute Gasteiger partial charge is 0.257 e. The Balaban J connectivity index is 1.21. The Morgan fingerprint density at radius 3 is 2.73 bits per heavy atom. The fraction of sp³-hybridized carbons (Fsp3) is 0.270. The first kappa shape index (κ1) is 29.1. The Bertz CT molecular complexity index is 2250. The van der Waals surface area contributed by atoms with Crippen LogP contribution in [0, 0.1) is 18.6 Å². The average Bonchev–Trinajstić information content (AvgIpc) is 3.92. The largest absolute Gasteiger partial charge is 0.421 e. The Hall–Kier alpha value is -5.03. The highest BCUT2D eigenvalue weighted by atomic mass is 32.1. The molecule has 9 rings (SSSR count). The van der Waals surface area contributed by atoms with E-state index in [0.29, 0.717) is 48.7 Å². The van der Waals surface area contributed by atoms with Gasteiger partial charge in [-0.3, -0.25) is 9.78 Å². The Labute approximate surface area is 278 Å². The van der Waals surface area contributed by atoms with E-state index in [-0.39, 0.29) is 29.6 Å². The second kappa shape index (κ2) is 11.3. The lowest BCUT2D eigenvalue weighted by molar-refractivity contribution is 0.0776. The van der Waals surface area contributed by atoms with Gasteiger partial charge in [0.25, 0.3) is 5.91 Å². The molecule has 1 N–H and O–H groups in total. The first-order valence-corrected chi connectivity index (χ1v) is 17.1. The predicted octanol–water partition coefficient (Wildman–Crippen LogP) is 8.17. The second-order valence-corrected chi connectivity index (χ2v) is 13.8. The molecule has 1 aliphatic carbocycles. The van der Waals surface area contributed by atoms with Crippen LogP contribution in [0.4, 0.5) is 14.6 Å². The number of amides is 1. The van der Waals surface area contributed by atoms with Crippen molar-refractivity contribution in [2.24, 2.45) is 0 Å². The zero-order valence-corrected chi connectivity index (χ0v) is 26.9. The van der Waals surface area contributed by atoms with E-state index < -0.39 is 0 Å². The highest BCUT2D eigenvalue weighted by molar-refractivity contribution is 7.23. The van der Waals surface area contributed by atoms with Crippen molar-refractivity contribution in [1.29, 1.82) is 0 Å². The van der Waals surface area contributed by atoms with Crippen molar-refractivity contribution in [3.05, 3.63) is 112 Å². The lowest BCUT2D eigenvalue weighted by Gasteiger charge is -2.16. The van der Waals surface area contributed by atoms with E-state index in [1.54, 1.807) is 42.7 Å². The number of aryl methyl sites for hydroxylation is 3. The van der Waals surface area contributed by atoms with Crippen molar-refractivity contribution in [1.82, 2.24) is 25.1 Å². The average molecular weight is 661 g/mol. The molecule has 4 aromatic heterocycles. The molecule has 0 bridgehead atoms. The molecule has 0 radical (unpaired) electrons. The number of benzene rings is 2. The van der Waals surface area contributed by atoms with Gasteiger partial charge in [0.05, 0.1) is 39.3 Å². The summed E-state index contributed by atoms with van der Waals surface area (Å²) in [5, 5.41) is 13.2. The van der Waals surface area contributed by atoms with Gasteiger partial charge in [-0.1, -0.05) is 24.3 Å². The van der Waals surface area contributed by atoms with Crippen LogP contribution in [0.1, 0.15) is 75.7 Å². The molecule has 1 amide bonds. The quantitative estimate of drug-likeness (QED) is 0.185. The van der Waals surface area contributed by atoms with Crippen LogP contribution in [0.3, 0.4) is 0 Å². The van der Waals surface area contributed by atoms with Crippen molar-refractivity contribution in [2.45, 2.75) is 57.5 Å². The summed E-state index contributed by atoms with van der Waals surface area (Å²) in [6, 6.07) is 15.7. The van der Waals surface area contributed by atoms with Crippen LogP contribution in [0.15, 0.2) is 65.2 Å². The molecular weight excluding hydrogens is 631 g/mol. The van der Waals surface area contributed by atoms with E-state index in [0.717, 1.165) is 73.7 Å². The third kappa shape index (κ3) is 4.70. The summed E-state index contributed by atoms with van der Waals surface area (Å²) in [7, 11) is 0. The third-order valence-electron chi connectivity index (χ3n) is 9.85. The summed E-state index contributed by atoms with van der Waals surface area (Å²) in [5.41, 5.74) is 6.24. The molecule has 48 heavy (non-hydrogen) atoms. The van der Waals surface area contributed by atoms with Crippen molar-refractivity contribution in [3.8, 4) is 21.9 Å². The van der Waals surface area contributed by atoms with Gasteiger partial charge in [-0.2, -0.15) is 0 Å². The maximum atomic E-state index is 14.5. The molecule has 2 aromatic carbocycles. The standard InChI is InChI=1S/C37H30F2N6O2S/c1-19-43-44-36(47-19)30-27(13-9-20-7-10-22(38)11-8-20)41-33-28-6-3-17-45(28)37(46)32(33)31(30)29-18-21-15-16-40-35(34(21)48-29)42-26-14-12-23-24(26)4-2-5-25(23)39/h2,4-5,7-8,10-11,15-16,18,26,28H,3,6,9,12-14,17H2,1H3,(H,40,42)/t26?,28-/m1/s1. The van der Waals surface area contributed by atoms with E-state index in [1.165, 1.54) is 18.2 Å². The molecule has 11 heteroatoms. The number of hydrogen-bond donors (Lipinski definition) is 1. The van der Waals surface area contributed by atoms with Gasteiger partial charge in [0.15, 0.2) is 0 Å². The third-order valence-corrected chi connectivity index (χ3v) is 11.0. The van der Waals surface area contributed by atoms with Crippen LogP contribution in [0.5, 0.6) is 0 Å². The van der Waals surface area contributed by atoms with Gasteiger partial charge >= 0.3 is 0 Å². The van der Waals surface area contributed by atoms with Gasteiger partial charge in [0.2, 0.25) is 11.8 Å². The lowest BCUT2D eigenvalue weighted by Crippen LogP contribution is -2.22. The molecule has 8 nitrogen and oxygen atoms in total. The number of rotatable bonds is 7. The molecule has 0 spiro atoms. The molecule has 1 fully saturated rings. The van der Waals surface area contributed by atoms with Crippen LogP contribution in [0.2, 0.25) is 0 Å². The summed E-state index contributed by atoms with van der Waals surface area (Å²) in [5.74, 6) is 0.956. The molecule has 3 aliphatic rings. The number of hydrogen-bond acceptors (Lipinski definition) is 8. The Morgan fingerprint density at radius 1 is 1.02 bits per heavy atom. The number of pyridine rings is 2. The first-order chi connectivity index (χ1) is 23.4. The number of anilines is 1. The van der Waals surface area contributed by atoms with E-state index in [2.05, 4.69) is 21.6 Å². The van der Waals surface area contributed by atoms with Crippen molar-refractivity contribution >= 4 is 33.1 Å². The molecule has 240 valence electrons. The summed E-state index contributed by atoms with van der Waals surface area (Å²) < 4.78 is 35.3. The number of carbonyl (C=O) groups excluding carboxylic acids is 1. The minimum Gasteiger partial charge on any atom is -0.421 e. The zero-order valence-electron chi connectivity index (χ0n) is 26.1. The van der Waals surface area contributed by atoms with Crippen LogP contribution in [0.25, 0.3) is 32.0 Å². The molecule has 6 aromatic rings. The van der Waals surface area contributed by atoms with E-state index >= 15 is 0 Å². The lowest BCUT2D eigenvalue weighted by atomic mass is 9.93. The predicted molar refractivity (Wildman–Crippen MR) is 179 cm³/mol. The van der Waals surface area contributed by atoms with Crippen molar-refractivity contribution < 1.29 is 18.0 Å². The Morgan fingerprint density at radius 2 is 1.90 bits per heavy atom. The van der Waals surface area contributed by atoms with Gasteiger partial charge in [-0.15, -0.1) is 21.5 Å². The summed E-state index contributed by atoms with van der Waals surface area (Å²) in [6.07, 6.45) is 6.14. The number of halogens is 2. The van der Waals surface area contributed by atoms with Crippen LogP contribution in [-0.2, 0) is 19.3 Å². The first-order valence-electron chi connectivity index (χ1n) is 16.3. The van der Waals surface area contributed by atoms with E-state index in [4.69, 9.17) is 14.4 Å². The monoisotopic (exact) mass is 660 g/mol. The van der Waals surface area contributed by atoms with Gasteiger partial charge in [-0.05, 0) is 90.9 Å².